The number of hydrogen-bond acceptors (Lipinski definition) is 5. The molecule has 8 heteroatoms. The minimum Gasteiger partial charge on any atom is -0.480 e. The molecule has 0 aliphatic carbocycles. The van der Waals surface area contributed by atoms with Crippen molar-refractivity contribution in [2.75, 3.05) is 19.6 Å². The second-order valence-corrected chi connectivity index (χ2v) is 5.90. The largest absolute Gasteiger partial charge is 0.480 e. The molecule has 1 aliphatic heterocycles. The highest BCUT2D eigenvalue weighted by Gasteiger charge is 2.29. The lowest BCUT2D eigenvalue weighted by atomic mass is 10.1. The monoisotopic (exact) mass is 337 g/mol. The predicted octanol–water partition coefficient (Wildman–Crippen LogP) is 1.16. The number of carbonyl (C=O) groups is 3. The van der Waals surface area contributed by atoms with Gasteiger partial charge in [0.25, 0.3) is 5.91 Å². The molecule has 2 rings (SSSR count). The van der Waals surface area contributed by atoms with Crippen LogP contribution in [0.15, 0.2) is 10.8 Å². The summed E-state index contributed by atoms with van der Waals surface area (Å²) < 4.78 is 5.21. The quantitative estimate of drug-likeness (QED) is 0.865. The van der Waals surface area contributed by atoms with E-state index in [1.165, 1.54) is 18.2 Å². The molecular formula is C16H23N3O5. The number of carbonyl (C=O) groups excluding carboxylic acids is 2. The van der Waals surface area contributed by atoms with Crippen molar-refractivity contribution in [1.82, 2.24) is 14.8 Å². The fourth-order valence-electron chi connectivity index (χ4n) is 3.08. The molecule has 1 aromatic heterocycles. The number of rotatable bonds is 5. The number of oxazole rings is 1. The first-order valence-electron chi connectivity index (χ1n) is 8.14. The summed E-state index contributed by atoms with van der Waals surface area (Å²) >= 11 is 0. The van der Waals surface area contributed by atoms with Crippen molar-refractivity contribution in [3.63, 3.8) is 0 Å². The topological polar surface area (TPSA) is 104 Å². The Labute approximate surface area is 140 Å². The van der Waals surface area contributed by atoms with Gasteiger partial charge in [0, 0.05) is 32.5 Å². The molecular weight excluding hydrogens is 314 g/mol. The SMILES string of the molecule is CCc1ocnc1C(=O)N1CCCC(N(CC(=O)O)C(C)=O)CC1. The maximum absolute atomic E-state index is 12.6. The smallest absolute Gasteiger partial charge is 0.323 e. The average Bonchev–Trinajstić information content (AvgIpc) is 2.88. The Morgan fingerprint density at radius 2 is 2.12 bits per heavy atom. The molecule has 1 fully saturated rings. The van der Waals surface area contributed by atoms with E-state index in [1.54, 1.807) is 4.90 Å². The van der Waals surface area contributed by atoms with E-state index >= 15 is 0 Å². The summed E-state index contributed by atoms with van der Waals surface area (Å²) in [5.41, 5.74) is 0.338. The Morgan fingerprint density at radius 3 is 2.75 bits per heavy atom. The Bertz CT molecular complexity index is 613. The summed E-state index contributed by atoms with van der Waals surface area (Å²) in [5, 5.41) is 8.98. The Balaban J connectivity index is 2.05. The number of aryl methyl sites for hydroxylation is 1. The van der Waals surface area contributed by atoms with Crippen molar-refractivity contribution in [3.8, 4) is 0 Å². The molecule has 1 N–H and O–H groups in total. The third-order valence-corrected chi connectivity index (χ3v) is 4.30. The molecule has 2 amide bonds. The summed E-state index contributed by atoms with van der Waals surface area (Å²) in [6.45, 7) is 3.98. The summed E-state index contributed by atoms with van der Waals surface area (Å²) in [6.07, 6.45) is 3.80. The number of amides is 2. The number of likely N-dealkylation sites (tertiary alicyclic amines) is 1. The molecule has 0 aromatic carbocycles. The Hall–Kier alpha value is -2.38. The van der Waals surface area contributed by atoms with Gasteiger partial charge in [0.1, 0.15) is 12.3 Å². The molecule has 1 aliphatic rings. The average molecular weight is 337 g/mol. The van der Waals surface area contributed by atoms with Gasteiger partial charge in [0.05, 0.1) is 0 Å². The Morgan fingerprint density at radius 1 is 1.38 bits per heavy atom. The third-order valence-electron chi connectivity index (χ3n) is 4.30. The van der Waals surface area contributed by atoms with Crippen molar-refractivity contribution in [2.45, 2.75) is 45.6 Å². The van der Waals surface area contributed by atoms with Gasteiger partial charge in [-0.25, -0.2) is 4.98 Å². The van der Waals surface area contributed by atoms with Crippen molar-refractivity contribution >= 4 is 17.8 Å². The standard InChI is InChI=1S/C16H23N3O5/c1-3-13-15(17-10-24-13)16(23)18-7-4-5-12(6-8-18)19(11(2)20)9-14(21)22/h10,12H,3-9H2,1-2H3,(H,21,22). The van der Waals surface area contributed by atoms with Gasteiger partial charge in [-0.05, 0) is 19.3 Å². The number of carboxylic acid groups (broad SMARTS) is 1. The molecule has 0 radical (unpaired) electrons. The van der Waals surface area contributed by atoms with Crippen LogP contribution in [0.2, 0.25) is 0 Å². The van der Waals surface area contributed by atoms with Gasteiger partial charge in [-0.15, -0.1) is 0 Å². The van der Waals surface area contributed by atoms with Crippen LogP contribution in [0.5, 0.6) is 0 Å². The highest BCUT2D eigenvalue weighted by molar-refractivity contribution is 5.93. The van der Waals surface area contributed by atoms with Crippen LogP contribution >= 0.6 is 0 Å². The van der Waals surface area contributed by atoms with Crippen LogP contribution in [0.3, 0.4) is 0 Å². The molecule has 0 saturated carbocycles. The number of carboxylic acids is 1. The normalized spacial score (nSPS) is 18.1. The van der Waals surface area contributed by atoms with Crippen LogP contribution in [-0.4, -0.2) is 63.4 Å². The first-order chi connectivity index (χ1) is 11.4. The summed E-state index contributed by atoms with van der Waals surface area (Å²) in [5.74, 6) is -0.893. The van der Waals surface area contributed by atoms with Gasteiger partial charge in [-0.3, -0.25) is 14.4 Å². The second-order valence-electron chi connectivity index (χ2n) is 5.90. The van der Waals surface area contributed by atoms with Gasteiger partial charge >= 0.3 is 5.97 Å². The highest BCUT2D eigenvalue weighted by Crippen LogP contribution is 2.19. The molecule has 8 nitrogen and oxygen atoms in total. The van der Waals surface area contributed by atoms with E-state index in [0.717, 1.165) is 0 Å². The molecule has 1 saturated heterocycles. The Kier molecular flexibility index (Phi) is 5.94. The van der Waals surface area contributed by atoms with Crippen LogP contribution in [0.25, 0.3) is 0 Å². The zero-order valence-electron chi connectivity index (χ0n) is 14.0. The second kappa shape index (κ2) is 7.94. The van der Waals surface area contributed by atoms with Gasteiger partial charge in [0.15, 0.2) is 12.1 Å². The summed E-state index contributed by atoms with van der Waals surface area (Å²) in [4.78, 5) is 42.4. The van der Waals surface area contributed by atoms with Crippen LogP contribution in [0.4, 0.5) is 0 Å². The third kappa shape index (κ3) is 4.12. The molecule has 132 valence electrons. The molecule has 1 unspecified atom stereocenters. The van der Waals surface area contributed by atoms with E-state index in [-0.39, 0.29) is 24.4 Å². The first kappa shape index (κ1) is 18.0. The molecule has 24 heavy (non-hydrogen) atoms. The van der Waals surface area contributed by atoms with E-state index < -0.39 is 5.97 Å². The van der Waals surface area contributed by atoms with Gasteiger partial charge in [-0.1, -0.05) is 6.92 Å². The minimum atomic E-state index is -1.03. The number of aromatic nitrogens is 1. The number of aliphatic carboxylic acids is 1. The van der Waals surface area contributed by atoms with Crippen molar-refractivity contribution in [3.05, 3.63) is 17.8 Å². The summed E-state index contributed by atoms with van der Waals surface area (Å²) in [7, 11) is 0. The highest BCUT2D eigenvalue weighted by atomic mass is 16.4. The maximum atomic E-state index is 12.6. The van der Waals surface area contributed by atoms with Gasteiger partial charge in [-0.2, -0.15) is 0 Å². The molecule has 1 aromatic rings. The lowest BCUT2D eigenvalue weighted by molar-refractivity contribution is -0.145. The minimum absolute atomic E-state index is 0.167. The lowest BCUT2D eigenvalue weighted by Gasteiger charge is -2.28. The van der Waals surface area contributed by atoms with Crippen molar-refractivity contribution in [2.24, 2.45) is 0 Å². The van der Waals surface area contributed by atoms with E-state index in [2.05, 4.69) is 4.98 Å². The van der Waals surface area contributed by atoms with Gasteiger partial charge in [0.2, 0.25) is 5.91 Å². The first-order valence-corrected chi connectivity index (χ1v) is 8.14. The van der Waals surface area contributed by atoms with E-state index in [1.807, 2.05) is 6.92 Å². The maximum Gasteiger partial charge on any atom is 0.323 e. The van der Waals surface area contributed by atoms with Crippen molar-refractivity contribution < 1.29 is 23.9 Å². The van der Waals surface area contributed by atoms with Crippen LogP contribution in [-0.2, 0) is 16.0 Å². The zero-order valence-corrected chi connectivity index (χ0v) is 14.0. The fraction of sp³-hybridized carbons (Fsp3) is 0.625. The number of nitrogens with zero attached hydrogens (tertiary/aromatic N) is 3. The zero-order chi connectivity index (χ0) is 17.7. The van der Waals surface area contributed by atoms with Gasteiger partial charge < -0.3 is 19.3 Å². The molecule has 0 bridgehead atoms. The summed E-state index contributed by atoms with van der Waals surface area (Å²) in [6, 6.07) is -0.167. The number of hydrogen-bond donors (Lipinski definition) is 1. The van der Waals surface area contributed by atoms with Crippen LogP contribution in [0.1, 0.15) is 49.4 Å². The predicted molar refractivity (Wildman–Crippen MR) is 84.4 cm³/mol. The van der Waals surface area contributed by atoms with Crippen LogP contribution < -0.4 is 0 Å². The van der Waals surface area contributed by atoms with E-state index in [0.29, 0.717) is 50.2 Å². The van der Waals surface area contributed by atoms with E-state index in [4.69, 9.17) is 9.52 Å². The fourth-order valence-corrected chi connectivity index (χ4v) is 3.08. The molecule has 1 atom stereocenters. The lowest BCUT2D eigenvalue weighted by Crippen LogP contribution is -2.43. The molecule has 0 spiro atoms. The van der Waals surface area contributed by atoms with Crippen LogP contribution in [0, 0.1) is 0 Å². The van der Waals surface area contributed by atoms with Crippen molar-refractivity contribution in [1.29, 1.82) is 0 Å². The van der Waals surface area contributed by atoms with E-state index in [9.17, 15) is 14.4 Å². The molecule has 2 heterocycles.